The average molecular weight is 685 g/mol. The maximum atomic E-state index is 13.6. The quantitative estimate of drug-likeness (QED) is 0.216. The molecule has 1 aromatic heterocycles. The van der Waals surface area contributed by atoms with Crippen molar-refractivity contribution in [2.24, 2.45) is 17.8 Å². The van der Waals surface area contributed by atoms with Crippen LogP contribution < -0.4 is 5.32 Å². The van der Waals surface area contributed by atoms with Crippen LogP contribution in [0.3, 0.4) is 0 Å². The molecule has 0 radical (unpaired) electrons. The van der Waals surface area contributed by atoms with Crippen molar-refractivity contribution >= 4 is 40.9 Å². The number of benzene rings is 1. The number of hydrogen-bond donors (Lipinski definition) is 2. The Bertz CT molecular complexity index is 1400. The molecule has 1 saturated heterocycles. The standard InChI is InChI=1S/C36H52N4O7S/c1-22(2)30(40(7)35(44)23(3)18-31(42)29-15-11-12-16-39(29)6)20-32(47-25(5)41)34-38-28(21-48-34)33(43)37-27(17-24(4)36(45)46)19-26-13-9-8-10-14-26/h8-10,13-14,21-24,27,29-30,32H,11-12,15-20H2,1-7H3,(H,37,43)(H,45,46)/t23-,24+,27-,29-,30-,32-/m1/s1. The summed E-state index contributed by atoms with van der Waals surface area (Å²) in [5, 5.41) is 14.5. The number of nitrogens with zero attached hydrogens (tertiary/aromatic N) is 3. The van der Waals surface area contributed by atoms with Gasteiger partial charge in [-0.2, -0.15) is 0 Å². The smallest absolute Gasteiger partial charge is 0.306 e. The van der Waals surface area contributed by atoms with Crippen LogP contribution in [-0.2, 0) is 30.3 Å². The molecule has 0 spiro atoms. The Kier molecular flexibility index (Phi) is 14.7. The zero-order valence-corrected chi connectivity index (χ0v) is 30.1. The van der Waals surface area contributed by atoms with Crippen LogP contribution >= 0.6 is 11.3 Å². The molecule has 6 atom stereocenters. The minimum Gasteiger partial charge on any atom is -0.481 e. The lowest BCUT2D eigenvalue weighted by Gasteiger charge is -2.35. The Hall–Kier alpha value is -3.64. The van der Waals surface area contributed by atoms with Gasteiger partial charge in [0.15, 0.2) is 11.9 Å². The topological polar surface area (TPSA) is 146 Å². The number of nitrogens with one attached hydrogen (secondary N) is 1. The van der Waals surface area contributed by atoms with Crippen molar-refractivity contribution in [1.29, 1.82) is 0 Å². The van der Waals surface area contributed by atoms with Gasteiger partial charge in [0.1, 0.15) is 10.7 Å². The number of esters is 1. The Labute approximate surface area is 288 Å². The van der Waals surface area contributed by atoms with Gasteiger partial charge in [-0.05, 0) is 50.8 Å². The molecule has 12 heteroatoms. The lowest BCUT2D eigenvalue weighted by atomic mass is 9.91. The van der Waals surface area contributed by atoms with E-state index in [1.807, 2.05) is 51.2 Å². The summed E-state index contributed by atoms with van der Waals surface area (Å²) >= 11 is 1.19. The Morgan fingerprint density at radius 3 is 2.35 bits per heavy atom. The predicted molar refractivity (Wildman–Crippen MR) is 185 cm³/mol. The summed E-state index contributed by atoms with van der Waals surface area (Å²) in [5.41, 5.74) is 1.10. The van der Waals surface area contributed by atoms with Crippen LogP contribution in [0.15, 0.2) is 35.7 Å². The summed E-state index contributed by atoms with van der Waals surface area (Å²) in [4.78, 5) is 72.2. The number of aliphatic carboxylic acids is 1. The van der Waals surface area contributed by atoms with E-state index in [1.54, 1.807) is 31.2 Å². The number of carboxylic acid groups (broad SMARTS) is 1. The maximum Gasteiger partial charge on any atom is 0.306 e. The fourth-order valence-corrected chi connectivity index (χ4v) is 7.27. The molecule has 3 rings (SSSR count). The molecule has 11 nitrogen and oxygen atoms in total. The van der Waals surface area contributed by atoms with E-state index in [1.165, 1.54) is 18.3 Å². The summed E-state index contributed by atoms with van der Waals surface area (Å²) in [6.45, 7) is 9.55. The van der Waals surface area contributed by atoms with Crippen LogP contribution in [0.4, 0.5) is 0 Å². The second-order valence-corrected chi connectivity index (χ2v) is 14.5. The number of ether oxygens (including phenoxy) is 1. The summed E-state index contributed by atoms with van der Waals surface area (Å²) in [7, 11) is 3.68. The molecule has 2 N–H and O–H groups in total. The van der Waals surface area contributed by atoms with E-state index in [2.05, 4.69) is 15.2 Å². The highest BCUT2D eigenvalue weighted by atomic mass is 32.1. The zero-order chi connectivity index (χ0) is 35.5. The first-order chi connectivity index (χ1) is 22.7. The van der Waals surface area contributed by atoms with Crippen LogP contribution in [0.25, 0.3) is 0 Å². The maximum absolute atomic E-state index is 13.6. The summed E-state index contributed by atoms with van der Waals surface area (Å²) in [5.74, 6) is -3.16. The molecular weight excluding hydrogens is 632 g/mol. The minimum atomic E-state index is -0.941. The average Bonchev–Trinajstić information content (AvgIpc) is 3.53. The largest absolute Gasteiger partial charge is 0.481 e. The molecule has 1 aliphatic rings. The van der Waals surface area contributed by atoms with Crippen LogP contribution in [0.2, 0.25) is 0 Å². The van der Waals surface area contributed by atoms with Gasteiger partial charge >= 0.3 is 11.9 Å². The van der Waals surface area contributed by atoms with Gasteiger partial charge in [-0.25, -0.2) is 4.98 Å². The number of likely N-dealkylation sites (N-methyl/N-ethyl adjacent to an activating group) is 1. The minimum absolute atomic E-state index is 0.0120. The van der Waals surface area contributed by atoms with E-state index in [0.29, 0.717) is 11.4 Å². The summed E-state index contributed by atoms with van der Waals surface area (Å²) < 4.78 is 5.71. The third kappa shape index (κ3) is 11.2. The lowest BCUT2D eigenvalue weighted by Crippen LogP contribution is -2.46. The number of thiazole rings is 1. The molecule has 48 heavy (non-hydrogen) atoms. The molecule has 2 aromatic rings. The Balaban J connectivity index is 1.74. The fraction of sp³-hybridized carbons (Fsp3) is 0.611. The van der Waals surface area contributed by atoms with Crippen molar-refractivity contribution in [2.45, 2.75) is 104 Å². The van der Waals surface area contributed by atoms with Crippen molar-refractivity contribution in [3.05, 3.63) is 52.0 Å². The van der Waals surface area contributed by atoms with Gasteiger partial charge in [0.25, 0.3) is 5.91 Å². The molecule has 2 heterocycles. The van der Waals surface area contributed by atoms with E-state index in [-0.39, 0.29) is 54.6 Å². The second kappa shape index (κ2) is 18.2. The number of likely N-dealkylation sites (tertiary alicyclic amines) is 1. The highest BCUT2D eigenvalue weighted by Gasteiger charge is 2.34. The normalized spacial score (nSPS) is 18.3. The molecule has 1 fully saturated rings. The number of Topliss-reactive ketones (excluding diaryl/α,β-unsaturated/α-hetero) is 1. The number of amides is 2. The van der Waals surface area contributed by atoms with Crippen molar-refractivity contribution in [2.75, 3.05) is 20.6 Å². The van der Waals surface area contributed by atoms with Gasteiger partial charge < -0.3 is 20.1 Å². The Morgan fingerprint density at radius 2 is 1.75 bits per heavy atom. The molecule has 2 amide bonds. The van der Waals surface area contributed by atoms with Crippen molar-refractivity contribution < 1.29 is 33.8 Å². The number of hydrogen-bond acceptors (Lipinski definition) is 9. The number of carbonyl (C=O) groups excluding carboxylic acids is 4. The van der Waals surface area contributed by atoms with Crippen LogP contribution in [-0.4, -0.2) is 88.2 Å². The van der Waals surface area contributed by atoms with Gasteiger partial charge in [-0.15, -0.1) is 11.3 Å². The molecule has 0 aliphatic carbocycles. The van der Waals surface area contributed by atoms with Crippen LogP contribution in [0, 0.1) is 17.8 Å². The van der Waals surface area contributed by atoms with Crippen molar-refractivity contribution in [3.63, 3.8) is 0 Å². The second-order valence-electron chi connectivity index (χ2n) is 13.6. The number of carboxylic acids is 1. The zero-order valence-electron chi connectivity index (χ0n) is 29.3. The van der Waals surface area contributed by atoms with Gasteiger partial charge in [-0.3, -0.25) is 28.9 Å². The fourth-order valence-electron chi connectivity index (χ4n) is 6.43. The van der Waals surface area contributed by atoms with Crippen LogP contribution in [0.5, 0.6) is 0 Å². The number of ketones is 1. The van der Waals surface area contributed by atoms with E-state index in [0.717, 1.165) is 31.4 Å². The first kappa shape index (κ1) is 38.8. The lowest BCUT2D eigenvalue weighted by molar-refractivity contribution is -0.149. The van der Waals surface area contributed by atoms with Crippen molar-refractivity contribution in [3.8, 4) is 0 Å². The Morgan fingerprint density at radius 1 is 1.06 bits per heavy atom. The predicted octanol–water partition coefficient (Wildman–Crippen LogP) is 5.15. The number of rotatable bonds is 17. The number of carbonyl (C=O) groups is 5. The molecule has 0 bridgehead atoms. The SMILES string of the molecule is CC(=O)O[C@H](C[C@H](C(C)C)N(C)C(=O)[C@H](C)CC(=O)[C@H]1CCCCN1C)c1nc(C(=O)N[C@@H](Cc2ccccc2)C[C@H](C)C(=O)O)cs1. The van der Waals surface area contributed by atoms with E-state index in [9.17, 15) is 29.1 Å². The highest BCUT2D eigenvalue weighted by Crippen LogP contribution is 2.31. The molecule has 1 aliphatic heterocycles. The molecule has 1 aromatic carbocycles. The third-order valence-corrected chi connectivity index (χ3v) is 10.1. The molecule has 0 unspecified atom stereocenters. The van der Waals surface area contributed by atoms with Gasteiger partial charge in [-0.1, -0.05) is 64.4 Å². The first-order valence-electron chi connectivity index (χ1n) is 16.9. The van der Waals surface area contributed by atoms with E-state index < -0.39 is 41.8 Å². The van der Waals surface area contributed by atoms with Crippen LogP contribution in [0.1, 0.15) is 100 Å². The van der Waals surface area contributed by atoms with E-state index in [4.69, 9.17) is 4.74 Å². The van der Waals surface area contributed by atoms with Crippen molar-refractivity contribution in [1.82, 2.24) is 20.1 Å². The summed E-state index contributed by atoms with van der Waals surface area (Å²) in [6, 6.07) is 8.59. The first-order valence-corrected chi connectivity index (χ1v) is 17.8. The van der Waals surface area contributed by atoms with Gasteiger partial charge in [0.05, 0.1) is 12.0 Å². The van der Waals surface area contributed by atoms with Gasteiger partial charge in [0, 0.05) is 50.2 Å². The molecule has 0 saturated carbocycles. The number of piperidine rings is 1. The highest BCUT2D eigenvalue weighted by molar-refractivity contribution is 7.09. The molecular formula is C36H52N4O7S. The van der Waals surface area contributed by atoms with E-state index >= 15 is 0 Å². The third-order valence-electron chi connectivity index (χ3n) is 9.20. The molecule has 264 valence electrons. The van der Waals surface area contributed by atoms with Gasteiger partial charge in [0.2, 0.25) is 5.91 Å². The monoisotopic (exact) mass is 684 g/mol. The number of aromatic nitrogens is 1. The summed E-state index contributed by atoms with van der Waals surface area (Å²) in [6.07, 6.45) is 3.20.